The molecule has 6 heteroatoms. The lowest BCUT2D eigenvalue weighted by molar-refractivity contribution is 0.0708. The fourth-order valence-electron chi connectivity index (χ4n) is 2.24. The van der Waals surface area contributed by atoms with E-state index in [1.807, 2.05) is 10.8 Å². The van der Waals surface area contributed by atoms with Crippen molar-refractivity contribution in [3.05, 3.63) is 47.8 Å². The quantitative estimate of drug-likeness (QED) is 0.785. The zero-order valence-corrected chi connectivity index (χ0v) is 10.2. The number of halogens is 1. The molecule has 0 radical (unpaired) electrons. The fraction of sp³-hybridized carbons (Fsp3) is 0.231. The van der Waals surface area contributed by atoms with E-state index < -0.39 is 5.82 Å². The summed E-state index contributed by atoms with van der Waals surface area (Å²) in [7, 11) is 0. The Morgan fingerprint density at radius 2 is 2.21 bits per heavy atom. The van der Waals surface area contributed by atoms with Gasteiger partial charge in [0.05, 0.1) is 17.8 Å². The van der Waals surface area contributed by atoms with Gasteiger partial charge in [-0.1, -0.05) is 6.07 Å². The highest BCUT2D eigenvalue weighted by atomic mass is 19.1. The molecular formula is C13H13FN4O. The molecule has 19 heavy (non-hydrogen) atoms. The minimum atomic E-state index is -0.565. The Morgan fingerprint density at radius 3 is 3.05 bits per heavy atom. The SMILES string of the molecule is Nc1c(F)cccc1C(=O)N1CCn2ccnc2C1. The molecule has 2 N–H and O–H groups in total. The first-order chi connectivity index (χ1) is 9.16. The molecule has 0 spiro atoms. The van der Waals surface area contributed by atoms with E-state index in [0.29, 0.717) is 19.6 Å². The van der Waals surface area contributed by atoms with Crippen LogP contribution in [0.4, 0.5) is 10.1 Å². The second kappa shape index (κ2) is 4.38. The van der Waals surface area contributed by atoms with Crippen molar-refractivity contribution in [2.24, 2.45) is 0 Å². The molecule has 1 aliphatic heterocycles. The van der Waals surface area contributed by atoms with Gasteiger partial charge in [0.25, 0.3) is 5.91 Å². The van der Waals surface area contributed by atoms with Crippen molar-refractivity contribution >= 4 is 11.6 Å². The highest BCUT2D eigenvalue weighted by Crippen LogP contribution is 2.20. The number of hydrogen-bond donors (Lipinski definition) is 1. The molecule has 98 valence electrons. The highest BCUT2D eigenvalue weighted by molar-refractivity contribution is 5.99. The van der Waals surface area contributed by atoms with Crippen LogP contribution in [0.5, 0.6) is 0 Å². The molecule has 0 bridgehead atoms. The zero-order chi connectivity index (χ0) is 13.4. The van der Waals surface area contributed by atoms with Crippen LogP contribution in [0.15, 0.2) is 30.6 Å². The molecule has 5 nitrogen and oxygen atoms in total. The van der Waals surface area contributed by atoms with Crippen LogP contribution in [0, 0.1) is 5.82 Å². The summed E-state index contributed by atoms with van der Waals surface area (Å²) in [6.45, 7) is 1.68. The number of carbonyl (C=O) groups is 1. The number of carbonyl (C=O) groups excluding carboxylic acids is 1. The van der Waals surface area contributed by atoms with Crippen LogP contribution in [0.2, 0.25) is 0 Å². The van der Waals surface area contributed by atoms with Crippen LogP contribution in [0.3, 0.4) is 0 Å². The monoisotopic (exact) mass is 260 g/mol. The maximum atomic E-state index is 13.4. The van der Waals surface area contributed by atoms with Crippen LogP contribution in [0.1, 0.15) is 16.2 Å². The zero-order valence-electron chi connectivity index (χ0n) is 10.2. The average molecular weight is 260 g/mol. The lowest BCUT2D eigenvalue weighted by Crippen LogP contribution is -2.38. The van der Waals surface area contributed by atoms with Gasteiger partial charge in [-0.2, -0.15) is 0 Å². The Kier molecular flexibility index (Phi) is 2.70. The number of anilines is 1. The standard InChI is InChI=1S/C13H13FN4O/c14-10-3-1-2-9(12(10)15)13(19)18-7-6-17-5-4-16-11(17)8-18/h1-5H,6-8,15H2. The van der Waals surface area contributed by atoms with Crippen LogP contribution in [0.25, 0.3) is 0 Å². The Bertz CT molecular complexity index is 637. The number of fused-ring (bicyclic) bond motifs is 1. The minimum Gasteiger partial charge on any atom is -0.396 e. The molecule has 0 aliphatic carbocycles. The largest absolute Gasteiger partial charge is 0.396 e. The summed E-state index contributed by atoms with van der Waals surface area (Å²) in [6.07, 6.45) is 3.59. The van der Waals surface area contributed by atoms with Crippen molar-refractivity contribution in [1.29, 1.82) is 0 Å². The first kappa shape index (κ1) is 11.7. The van der Waals surface area contributed by atoms with Gasteiger partial charge >= 0.3 is 0 Å². The van der Waals surface area contributed by atoms with Crippen molar-refractivity contribution in [2.75, 3.05) is 12.3 Å². The average Bonchev–Trinajstić information content (AvgIpc) is 2.88. The van der Waals surface area contributed by atoms with Gasteiger partial charge in [-0.05, 0) is 12.1 Å². The lowest BCUT2D eigenvalue weighted by atomic mass is 10.1. The van der Waals surface area contributed by atoms with Gasteiger partial charge in [0.2, 0.25) is 0 Å². The van der Waals surface area contributed by atoms with E-state index in [2.05, 4.69) is 4.98 Å². The molecule has 1 aromatic heterocycles. The van der Waals surface area contributed by atoms with Crippen LogP contribution >= 0.6 is 0 Å². The molecule has 0 unspecified atom stereocenters. The summed E-state index contributed by atoms with van der Waals surface area (Å²) in [6, 6.07) is 4.28. The number of benzene rings is 1. The van der Waals surface area contributed by atoms with Crippen molar-refractivity contribution in [2.45, 2.75) is 13.1 Å². The number of amides is 1. The van der Waals surface area contributed by atoms with Gasteiger partial charge in [0.1, 0.15) is 11.6 Å². The van der Waals surface area contributed by atoms with Crippen molar-refractivity contribution in [3.63, 3.8) is 0 Å². The van der Waals surface area contributed by atoms with E-state index in [1.165, 1.54) is 12.1 Å². The third-order valence-corrected chi connectivity index (χ3v) is 3.32. The summed E-state index contributed by atoms with van der Waals surface area (Å²) in [5.74, 6) is 0.00480. The molecule has 3 rings (SSSR count). The predicted octanol–water partition coefficient (Wildman–Crippen LogP) is 1.26. The highest BCUT2D eigenvalue weighted by Gasteiger charge is 2.24. The summed E-state index contributed by atoms with van der Waals surface area (Å²) < 4.78 is 15.4. The summed E-state index contributed by atoms with van der Waals surface area (Å²) in [4.78, 5) is 18.2. The number of imidazole rings is 1. The molecule has 1 aliphatic rings. The van der Waals surface area contributed by atoms with E-state index >= 15 is 0 Å². The summed E-state index contributed by atoms with van der Waals surface area (Å²) >= 11 is 0. The molecule has 1 aromatic carbocycles. The molecule has 0 saturated heterocycles. The number of nitrogens with zero attached hydrogens (tertiary/aromatic N) is 3. The smallest absolute Gasteiger partial charge is 0.256 e. The number of rotatable bonds is 1. The first-order valence-corrected chi connectivity index (χ1v) is 6.00. The molecular weight excluding hydrogens is 247 g/mol. The minimum absolute atomic E-state index is 0.0959. The number of hydrogen-bond acceptors (Lipinski definition) is 3. The molecule has 0 saturated carbocycles. The van der Waals surface area contributed by atoms with Crippen molar-refractivity contribution < 1.29 is 9.18 Å². The second-order valence-electron chi connectivity index (χ2n) is 4.46. The third kappa shape index (κ3) is 1.95. The molecule has 2 heterocycles. The van der Waals surface area contributed by atoms with E-state index in [-0.39, 0.29) is 17.2 Å². The van der Waals surface area contributed by atoms with Gasteiger partial charge in [-0.3, -0.25) is 4.79 Å². The number of nitrogen functional groups attached to an aromatic ring is 1. The van der Waals surface area contributed by atoms with Crippen molar-refractivity contribution in [1.82, 2.24) is 14.5 Å². The predicted molar refractivity (Wildman–Crippen MR) is 67.8 cm³/mol. The number of para-hydroxylation sites is 1. The maximum Gasteiger partial charge on any atom is 0.256 e. The Labute approximate surface area is 109 Å². The Hall–Kier alpha value is -2.37. The number of nitrogens with two attached hydrogens (primary N) is 1. The second-order valence-corrected chi connectivity index (χ2v) is 4.46. The Morgan fingerprint density at radius 1 is 1.37 bits per heavy atom. The van der Waals surface area contributed by atoms with E-state index in [1.54, 1.807) is 17.2 Å². The van der Waals surface area contributed by atoms with Crippen LogP contribution in [-0.2, 0) is 13.1 Å². The first-order valence-electron chi connectivity index (χ1n) is 6.00. The topological polar surface area (TPSA) is 64.2 Å². The van der Waals surface area contributed by atoms with Gasteiger partial charge in [0.15, 0.2) is 0 Å². The van der Waals surface area contributed by atoms with Crippen molar-refractivity contribution in [3.8, 4) is 0 Å². The van der Waals surface area contributed by atoms with E-state index in [9.17, 15) is 9.18 Å². The molecule has 0 fully saturated rings. The number of aromatic nitrogens is 2. The van der Waals surface area contributed by atoms with Gasteiger partial charge < -0.3 is 15.2 Å². The van der Waals surface area contributed by atoms with E-state index in [4.69, 9.17) is 5.73 Å². The third-order valence-electron chi connectivity index (χ3n) is 3.32. The lowest BCUT2D eigenvalue weighted by Gasteiger charge is -2.28. The maximum absolute atomic E-state index is 13.4. The molecule has 1 amide bonds. The van der Waals surface area contributed by atoms with Crippen LogP contribution < -0.4 is 5.73 Å². The van der Waals surface area contributed by atoms with Gasteiger partial charge in [-0.25, -0.2) is 9.37 Å². The molecule has 0 atom stereocenters. The summed E-state index contributed by atoms with van der Waals surface area (Å²) in [5, 5.41) is 0. The van der Waals surface area contributed by atoms with Gasteiger partial charge in [-0.15, -0.1) is 0 Å². The molecule has 2 aromatic rings. The van der Waals surface area contributed by atoms with E-state index in [0.717, 1.165) is 5.82 Å². The fourth-order valence-corrected chi connectivity index (χ4v) is 2.24. The van der Waals surface area contributed by atoms with Crippen LogP contribution in [-0.4, -0.2) is 26.9 Å². The Balaban J connectivity index is 1.88. The van der Waals surface area contributed by atoms with Gasteiger partial charge in [0, 0.05) is 25.5 Å². The normalized spacial score (nSPS) is 14.3. The summed E-state index contributed by atoms with van der Waals surface area (Å²) in [5.41, 5.74) is 5.73.